The number of methoxy groups -OCH3 is 1. The zero-order valence-corrected chi connectivity index (χ0v) is 18.4. The topological polar surface area (TPSA) is 84.9 Å². The Kier molecular flexibility index (Phi) is 7.75. The number of benzene rings is 2. The highest BCUT2D eigenvalue weighted by Crippen LogP contribution is 2.34. The molecule has 2 aromatic rings. The van der Waals surface area contributed by atoms with Gasteiger partial charge in [0.1, 0.15) is 17.5 Å². The van der Waals surface area contributed by atoms with E-state index >= 15 is 0 Å². The van der Waals surface area contributed by atoms with Crippen molar-refractivity contribution in [2.45, 2.75) is 26.4 Å². The number of nitrogens with one attached hydrogen (secondary N) is 1. The van der Waals surface area contributed by atoms with Crippen LogP contribution in [0.2, 0.25) is 5.02 Å². The summed E-state index contributed by atoms with van der Waals surface area (Å²) in [7, 11) is -2.37. The van der Waals surface area contributed by atoms with Gasteiger partial charge >= 0.3 is 0 Å². The molecule has 29 heavy (non-hydrogen) atoms. The zero-order chi connectivity index (χ0) is 21.6. The van der Waals surface area contributed by atoms with Gasteiger partial charge in [0.25, 0.3) is 0 Å². The van der Waals surface area contributed by atoms with Crippen LogP contribution in [0.1, 0.15) is 19.4 Å². The average molecular weight is 441 g/mol. The van der Waals surface area contributed by atoms with E-state index < -0.39 is 22.0 Å². The molecule has 158 valence electrons. The molecule has 0 aliphatic rings. The number of nitrogens with zero attached hydrogens (tertiary/aromatic N) is 1. The molecule has 0 aliphatic heterocycles. The van der Waals surface area contributed by atoms with Crippen LogP contribution in [-0.4, -0.2) is 40.3 Å². The van der Waals surface area contributed by atoms with E-state index in [0.29, 0.717) is 17.4 Å². The molecule has 0 radical (unpaired) electrons. The smallest absolute Gasteiger partial charge is 0.243 e. The van der Waals surface area contributed by atoms with Gasteiger partial charge in [-0.1, -0.05) is 23.7 Å². The SMILES string of the molecule is CCOc1ccc(CNC(=O)C(C)N(c2cc(Cl)ccc2OC)S(C)(=O)=O)cc1. The summed E-state index contributed by atoms with van der Waals surface area (Å²) in [5.74, 6) is 0.588. The van der Waals surface area contributed by atoms with E-state index in [4.69, 9.17) is 21.1 Å². The van der Waals surface area contributed by atoms with Crippen LogP contribution >= 0.6 is 11.6 Å². The summed E-state index contributed by atoms with van der Waals surface area (Å²) in [6.45, 7) is 4.23. The normalized spacial score (nSPS) is 12.2. The Labute approximate surface area is 176 Å². The maximum absolute atomic E-state index is 12.7. The molecule has 2 rings (SSSR count). The van der Waals surface area contributed by atoms with Crippen LogP contribution in [0, 0.1) is 0 Å². The molecule has 0 bridgehead atoms. The standard InChI is InChI=1S/C20H25ClN2O5S/c1-5-28-17-9-6-15(7-10-17)13-22-20(24)14(2)23(29(4,25)26)18-12-16(21)8-11-19(18)27-3/h6-12,14H,5,13H2,1-4H3,(H,22,24). The summed E-state index contributed by atoms with van der Waals surface area (Å²) in [5, 5.41) is 3.09. The van der Waals surface area contributed by atoms with Gasteiger partial charge in [-0.2, -0.15) is 0 Å². The summed E-state index contributed by atoms with van der Waals surface area (Å²) < 4.78 is 36.6. The van der Waals surface area contributed by atoms with Crippen molar-refractivity contribution >= 4 is 33.2 Å². The van der Waals surface area contributed by atoms with Crippen LogP contribution in [0.15, 0.2) is 42.5 Å². The van der Waals surface area contributed by atoms with E-state index in [1.807, 2.05) is 31.2 Å². The highest BCUT2D eigenvalue weighted by atomic mass is 35.5. The van der Waals surface area contributed by atoms with Crippen LogP contribution in [0.4, 0.5) is 5.69 Å². The summed E-state index contributed by atoms with van der Waals surface area (Å²) >= 11 is 6.04. The Balaban J connectivity index is 2.20. The first-order valence-corrected chi connectivity index (χ1v) is 11.2. The van der Waals surface area contributed by atoms with Crippen molar-refractivity contribution in [3.8, 4) is 11.5 Å². The molecule has 0 heterocycles. The van der Waals surface area contributed by atoms with Crippen LogP contribution < -0.4 is 19.1 Å². The van der Waals surface area contributed by atoms with Crippen LogP contribution in [-0.2, 0) is 21.4 Å². The second kappa shape index (κ2) is 9.84. The molecule has 0 spiro atoms. The van der Waals surface area contributed by atoms with Gasteiger partial charge in [0.2, 0.25) is 15.9 Å². The second-order valence-electron chi connectivity index (χ2n) is 6.35. The Morgan fingerprint density at radius 3 is 2.41 bits per heavy atom. The van der Waals surface area contributed by atoms with Crippen molar-refractivity contribution < 1.29 is 22.7 Å². The van der Waals surface area contributed by atoms with E-state index in [0.717, 1.165) is 21.9 Å². The van der Waals surface area contributed by atoms with Crippen molar-refractivity contribution in [3.05, 3.63) is 53.1 Å². The minimum absolute atomic E-state index is 0.200. The fraction of sp³-hybridized carbons (Fsp3) is 0.350. The maximum atomic E-state index is 12.7. The number of hydrogen-bond acceptors (Lipinski definition) is 5. The number of halogens is 1. The molecule has 1 amide bonds. The molecule has 0 aliphatic carbocycles. The summed E-state index contributed by atoms with van der Waals surface area (Å²) in [6.07, 6.45) is 1.03. The maximum Gasteiger partial charge on any atom is 0.243 e. The first-order chi connectivity index (χ1) is 13.7. The number of anilines is 1. The molecule has 0 fully saturated rings. The van der Waals surface area contributed by atoms with Gasteiger partial charge in [-0.15, -0.1) is 0 Å². The number of ether oxygens (including phenoxy) is 2. The Hall–Kier alpha value is -2.45. The Bertz CT molecular complexity index is 948. The van der Waals surface area contributed by atoms with E-state index in [9.17, 15) is 13.2 Å². The number of carbonyl (C=O) groups excluding carboxylic acids is 1. The van der Waals surface area contributed by atoms with Gasteiger partial charge in [0.15, 0.2) is 0 Å². The molecule has 0 aromatic heterocycles. The quantitative estimate of drug-likeness (QED) is 0.647. The van der Waals surface area contributed by atoms with Gasteiger partial charge in [-0.05, 0) is 49.7 Å². The number of amides is 1. The monoisotopic (exact) mass is 440 g/mol. The molecule has 1 N–H and O–H groups in total. The molecule has 1 unspecified atom stereocenters. The minimum Gasteiger partial charge on any atom is -0.495 e. The van der Waals surface area contributed by atoms with Gasteiger partial charge in [0, 0.05) is 11.6 Å². The summed E-state index contributed by atoms with van der Waals surface area (Å²) in [4.78, 5) is 12.7. The summed E-state index contributed by atoms with van der Waals surface area (Å²) in [5.41, 5.74) is 1.06. The second-order valence-corrected chi connectivity index (χ2v) is 8.64. The lowest BCUT2D eigenvalue weighted by Gasteiger charge is -2.29. The van der Waals surface area contributed by atoms with E-state index in [1.165, 1.54) is 20.1 Å². The fourth-order valence-electron chi connectivity index (χ4n) is 2.82. The first kappa shape index (κ1) is 22.8. The lowest BCUT2D eigenvalue weighted by molar-refractivity contribution is -0.122. The van der Waals surface area contributed by atoms with Gasteiger partial charge in [0.05, 0.1) is 25.7 Å². The van der Waals surface area contributed by atoms with Crippen LogP contribution in [0.5, 0.6) is 11.5 Å². The van der Waals surface area contributed by atoms with Crippen LogP contribution in [0.25, 0.3) is 0 Å². The molecular formula is C20H25ClN2O5S. The van der Waals surface area contributed by atoms with Gasteiger partial charge < -0.3 is 14.8 Å². The first-order valence-electron chi connectivity index (χ1n) is 8.99. The largest absolute Gasteiger partial charge is 0.495 e. The molecule has 0 saturated carbocycles. The van der Waals surface area contributed by atoms with Crippen LogP contribution in [0.3, 0.4) is 0 Å². The fourth-order valence-corrected chi connectivity index (χ4v) is 4.16. The lowest BCUT2D eigenvalue weighted by atomic mass is 10.2. The van der Waals surface area contributed by atoms with Crippen molar-refractivity contribution in [1.29, 1.82) is 0 Å². The van der Waals surface area contributed by atoms with Gasteiger partial charge in [-0.3, -0.25) is 9.10 Å². The van der Waals surface area contributed by atoms with Crippen molar-refractivity contribution in [2.75, 3.05) is 24.3 Å². The molecule has 2 aromatic carbocycles. The predicted molar refractivity (Wildman–Crippen MR) is 114 cm³/mol. The number of carbonyl (C=O) groups is 1. The highest BCUT2D eigenvalue weighted by Gasteiger charge is 2.31. The lowest BCUT2D eigenvalue weighted by Crippen LogP contribution is -2.47. The molecular weight excluding hydrogens is 416 g/mol. The predicted octanol–water partition coefficient (Wildman–Crippen LogP) is 3.22. The third-order valence-electron chi connectivity index (χ3n) is 4.17. The molecule has 1 atom stereocenters. The average Bonchev–Trinajstić information content (AvgIpc) is 2.66. The highest BCUT2D eigenvalue weighted by molar-refractivity contribution is 7.92. The molecule has 9 heteroatoms. The van der Waals surface area contributed by atoms with E-state index in [1.54, 1.807) is 12.1 Å². The van der Waals surface area contributed by atoms with Crippen molar-refractivity contribution in [3.63, 3.8) is 0 Å². The third-order valence-corrected chi connectivity index (χ3v) is 5.63. The molecule has 0 saturated heterocycles. The Morgan fingerprint density at radius 2 is 1.86 bits per heavy atom. The van der Waals surface area contributed by atoms with Crippen molar-refractivity contribution in [2.24, 2.45) is 0 Å². The minimum atomic E-state index is -3.79. The van der Waals surface area contributed by atoms with E-state index in [2.05, 4.69) is 5.32 Å². The van der Waals surface area contributed by atoms with E-state index in [-0.39, 0.29) is 12.2 Å². The Morgan fingerprint density at radius 1 is 1.21 bits per heavy atom. The molecule has 7 nitrogen and oxygen atoms in total. The number of rotatable bonds is 9. The zero-order valence-electron chi connectivity index (χ0n) is 16.8. The van der Waals surface area contributed by atoms with Crippen molar-refractivity contribution in [1.82, 2.24) is 5.32 Å². The van der Waals surface area contributed by atoms with Gasteiger partial charge in [-0.25, -0.2) is 8.42 Å². The summed E-state index contributed by atoms with van der Waals surface area (Å²) in [6, 6.07) is 10.9. The third kappa shape index (κ3) is 6.01. The number of hydrogen-bond donors (Lipinski definition) is 1. The number of sulfonamides is 1.